The van der Waals surface area contributed by atoms with Crippen LogP contribution in [0.15, 0.2) is 42.5 Å². The van der Waals surface area contributed by atoms with Gasteiger partial charge in [0, 0.05) is 47.4 Å². The number of amides is 1. The summed E-state index contributed by atoms with van der Waals surface area (Å²) in [6.07, 6.45) is 2.80. The number of rotatable bonds is 8. The summed E-state index contributed by atoms with van der Waals surface area (Å²) >= 11 is 6.09. The summed E-state index contributed by atoms with van der Waals surface area (Å²) < 4.78 is 66.6. The standard InChI is InChI=1S/C29H38ClFN4O5S2/c30-21-8-6-19(7-9-21)27(20-12-15-41(37,38)16-13-20)28(32)29(36)34-26-5-1-4-25(31)24(26)11-10-23-17-33-22-3-2-14-42(39,40)35(23)18-22/h1,4-9,20,22-23,27-28,33H,2-3,10-18,32H2,(H,34,36)/t22?,23-,27?,28?/m0/s1. The highest BCUT2D eigenvalue weighted by molar-refractivity contribution is 7.91. The molecule has 5 rings (SSSR count). The molecule has 3 fully saturated rings. The Balaban J connectivity index is 1.33. The Kier molecular flexibility index (Phi) is 9.60. The maximum absolute atomic E-state index is 15.2. The van der Waals surface area contributed by atoms with E-state index in [9.17, 15) is 21.6 Å². The van der Waals surface area contributed by atoms with Gasteiger partial charge in [0.25, 0.3) is 0 Å². The van der Waals surface area contributed by atoms with Crippen molar-refractivity contribution in [3.8, 4) is 0 Å². The highest BCUT2D eigenvalue weighted by atomic mass is 35.5. The molecule has 9 nitrogen and oxygen atoms in total. The highest BCUT2D eigenvalue weighted by Crippen LogP contribution is 2.37. The predicted molar refractivity (Wildman–Crippen MR) is 162 cm³/mol. The van der Waals surface area contributed by atoms with E-state index in [0.717, 1.165) is 12.0 Å². The number of carbonyl (C=O) groups is 1. The minimum absolute atomic E-state index is 0.0354. The zero-order valence-electron chi connectivity index (χ0n) is 23.3. The molecule has 0 saturated carbocycles. The molecular weight excluding hydrogens is 603 g/mol. The molecular formula is C29H38ClFN4O5S2. The first-order valence-electron chi connectivity index (χ1n) is 14.5. The number of benzene rings is 2. The van der Waals surface area contributed by atoms with Crippen LogP contribution in [0.5, 0.6) is 0 Å². The van der Waals surface area contributed by atoms with E-state index in [1.807, 2.05) is 0 Å². The lowest BCUT2D eigenvalue weighted by Gasteiger charge is -2.37. The second-order valence-electron chi connectivity index (χ2n) is 11.7. The summed E-state index contributed by atoms with van der Waals surface area (Å²) in [6.45, 7) is 0.905. The molecule has 1 amide bonds. The minimum Gasteiger partial charge on any atom is -0.324 e. The number of hydrogen-bond donors (Lipinski definition) is 3. The minimum atomic E-state index is -3.39. The van der Waals surface area contributed by atoms with E-state index < -0.39 is 43.5 Å². The molecule has 2 aromatic carbocycles. The van der Waals surface area contributed by atoms with E-state index in [-0.39, 0.29) is 47.4 Å². The Morgan fingerprint density at radius 3 is 2.50 bits per heavy atom. The topological polar surface area (TPSA) is 139 Å². The van der Waals surface area contributed by atoms with Crippen LogP contribution >= 0.6 is 11.6 Å². The molecule has 0 aromatic heterocycles. The maximum Gasteiger partial charge on any atom is 0.241 e. The number of anilines is 1. The summed E-state index contributed by atoms with van der Waals surface area (Å²) in [7, 11) is -6.51. The lowest BCUT2D eigenvalue weighted by molar-refractivity contribution is -0.118. The van der Waals surface area contributed by atoms with Gasteiger partial charge in [-0.2, -0.15) is 4.31 Å². The van der Waals surface area contributed by atoms with Crippen molar-refractivity contribution >= 4 is 43.1 Å². The van der Waals surface area contributed by atoms with Crippen LogP contribution in [0.25, 0.3) is 0 Å². The van der Waals surface area contributed by atoms with Gasteiger partial charge in [-0.1, -0.05) is 29.8 Å². The predicted octanol–water partition coefficient (Wildman–Crippen LogP) is 3.05. The SMILES string of the molecule is NC(C(=O)Nc1cccc(F)c1CC[C@H]1CNC2CCCS(=O)(=O)N1C2)C(c1ccc(Cl)cc1)C1CCS(=O)(=O)CC1. The first-order valence-corrected chi connectivity index (χ1v) is 18.3. The Morgan fingerprint density at radius 1 is 1.07 bits per heavy atom. The number of carbonyl (C=O) groups excluding carboxylic acids is 1. The van der Waals surface area contributed by atoms with Crippen LogP contribution in [0, 0.1) is 11.7 Å². The second-order valence-corrected chi connectivity index (χ2v) is 16.5. The summed E-state index contributed by atoms with van der Waals surface area (Å²) in [5, 5.41) is 6.79. The molecule has 3 aliphatic rings. The van der Waals surface area contributed by atoms with Gasteiger partial charge in [-0.25, -0.2) is 21.2 Å². The van der Waals surface area contributed by atoms with Gasteiger partial charge >= 0.3 is 0 Å². The molecule has 0 aliphatic carbocycles. The largest absolute Gasteiger partial charge is 0.324 e. The van der Waals surface area contributed by atoms with Crippen LogP contribution in [0.4, 0.5) is 10.1 Å². The molecule has 13 heteroatoms. The molecule has 42 heavy (non-hydrogen) atoms. The number of nitrogens with zero attached hydrogens (tertiary/aromatic N) is 1. The van der Waals surface area contributed by atoms with E-state index in [1.165, 1.54) is 12.1 Å². The number of piperazine rings is 1. The van der Waals surface area contributed by atoms with Crippen molar-refractivity contribution in [2.75, 3.05) is 35.7 Å². The molecule has 2 bridgehead atoms. The smallest absolute Gasteiger partial charge is 0.241 e. The zero-order valence-corrected chi connectivity index (χ0v) is 25.7. The van der Waals surface area contributed by atoms with Crippen molar-refractivity contribution in [1.82, 2.24) is 9.62 Å². The summed E-state index contributed by atoms with van der Waals surface area (Å²) in [6, 6.07) is 10.3. The van der Waals surface area contributed by atoms with Gasteiger partial charge in [0.1, 0.15) is 15.7 Å². The molecule has 230 valence electrons. The van der Waals surface area contributed by atoms with Crippen LogP contribution in [0.1, 0.15) is 49.1 Å². The molecule has 3 aliphatic heterocycles. The van der Waals surface area contributed by atoms with Crippen molar-refractivity contribution in [3.63, 3.8) is 0 Å². The maximum atomic E-state index is 15.2. The van der Waals surface area contributed by atoms with Gasteiger partial charge in [-0.15, -0.1) is 0 Å². The van der Waals surface area contributed by atoms with Crippen LogP contribution in [-0.2, 0) is 31.1 Å². The van der Waals surface area contributed by atoms with Gasteiger partial charge in [-0.05, 0) is 74.3 Å². The van der Waals surface area contributed by atoms with Crippen molar-refractivity contribution in [1.29, 1.82) is 0 Å². The number of hydrogen-bond acceptors (Lipinski definition) is 7. The fourth-order valence-electron chi connectivity index (χ4n) is 6.59. The first-order chi connectivity index (χ1) is 19.9. The van der Waals surface area contributed by atoms with Crippen molar-refractivity contribution in [2.24, 2.45) is 11.7 Å². The summed E-state index contributed by atoms with van der Waals surface area (Å²) in [5.41, 5.74) is 7.95. The number of halogens is 2. The van der Waals surface area contributed by atoms with Crippen LogP contribution in [-0.4, -0.2) is 75.5 Å². The average molecular weight is 641 g/mol. The normalized spacial score (nSPS) is 27.0. The van der Waals surface area contributed by atoms with E-state index in [1.54, 1.807) is 34.6 Å². The fraction of sp³-hybridized carbons (Fsp3) is 0.552. The van der Waals surface area contributed by atoms with Crippen molar-refractivity contribution < 1.29 is 26.0 Å². The zero-order chi connectivity index (χ0) is 30.1. The average Bonchev–Trinajstić information content (AvgIpc) is 3.06. The van der Waals surface area contributed by atoms with E-state index in [4.69, 9.17) is 17.3 Å². The third-order valence-corrected chi connectivity index (χ3v) is 12.9. The number of sulfonamides is 1. The molecule has 0 spiro atoms. The molecule has 4 unspecified atom stereocenters. The number of fused-ring (bicyclic) bond motifs is 2. The molecule has 3 heterocycles. The lowest BCUT2D eigenvalue weighted by atomic mass is 9.77. The molecule has 3 saturated heterocycles. The second kappa shape index (κ2) is 12.9. The fourth-order valence-corrected chi connectivity index (χ4v) is 10.1. The summed E-state index contributed by atoms with van der Waals surface area (Å²) in [5.74, 6) is -1.42. The van der Waals surface area contributed by atoms with Crippen molar-refractivity contribution in [2.45, 2.75) is 62.6 Å². The quantitative estimate of drug-likeness (QED) is 0.403. The molecule has 5 atom stereocenters. The van der Waals surface area contributed by atoms with E-state index >= 15 is 4.39 Å². The summed E-state index contributed by atoms with van der Waals surface area (Å²) in [4.78, 5) is 13.6. The third-order valence-electron chi connectivity index (χ3n) is 8.92. The van der Waals surface area contributed by atoms with Crippen LogP contribution in [0.2, 0.25) is 5.02 Å². The molecule has 4 N–H and O–H groups in total. The van der Waals surface area contributed by atoms with Crippen LogP contribution in [0.3, 0.4) is 0 Å². The number of nitrogens with two attached hydrogens (primary N) is 1. The van der Waals surface area contributed by atoms with Crippen LogP contribution < -0.4 is 16.4 Å². The third kappa shape index (κ3) is 7.16. The number of nitrogens with one attached hydrogen (secondary N) is 2. The first kappa shape index (κ1) is 31.3. The van der Waals surface area contributed by atoms with Gasteiger partial charge in [0.05, 0.1) is 23.3 Å². The van der Waals surface area contributed by atoms with Gasteiger partial charge in [-0.3, -0.25) is 4.79 Å². The van der Waals surface area contributed by atoms with Gasteiger partial charge in [0.2, 0.25) is 15.9 Å². The van der Waals surface area contributed by atoms with Gasteiger partial charge < -0.3 is 16.4 Å². The lowest BCUT2D eigenvalue weighted by Crippen LogP contribution is -2.57. The highest BCUT2D eigenvalue weighted by Gasteiger charge is 2.39. The van der Waals surface area contributed by atoms with E-state index in [0.29, 0.717) is 49.4 Å². The number of sulfone groups is 1. The van der Waals surface area contributed by atoms with Crippen molar-refractivity contribution in [3.05, 3.63) is 64.4 Å². The molecule has 0 radical (unpaired) electrons. The Hall–Kier alpha value is -2.09. The van der Waals surface area contributed by atoms with E-state index in [2.05, 4.69) is 10.6 Å². The monoisotopic (exact) mass is 640 g/mol. The Morgan fingerprint density at radius 2 is 1.79 bits per heavy atom. The molecule has 2 aromatic rings. The van der Waals surface area contributed by atoms with Gasteiger partial charge in [0.15, 0.2) is 0 Å². The Labute approximate surface area is 252 Å². The Bertz CT molecular complexity index is 1490.